The van der Waals surface area contributed by atoms with Gasteiger partial charge in [-0.1, -0.05) is 18.2 Å². The van der Waals surface area contributed by atoms with Crippen molar-refractivity contribution in [2.24, 2.45) is 7.05 Å². The predicted molar refractivity (Wildman–Crippen MR) is 116 cm³/mol. The first kappa shape index (κ1) is 19.9. The van der Waals surface area contributed by atoms with Crippen LogP contribution in [0, 0.1) is 12.7 Å². The highest BCUT2D eigenvalue weighted by molar-refractivity contribution is 5.89. The Balaban J connectivity index is 1.39. The zero-order valence-corrected chi connectivity index (χ0v) is 17.0. The average Bonchev–Trinajstić information content (AvgIpc) is 2.74. The van der Waals surface area contributed by atoms with E-state index >= 15 is 0 Å². The summed E-state index contributed by atoms with van der Waals surface area (Å²) in [5.41, 5.74) is 2.39. The standard InChI is InChI=1S/C22H24FN5O2/c1-14-7-8-16(13-17(14)23)25-22(30)24-15-9-11-28(12-10-15)20-21(29)27(2)19-6-4-3-5-18(19)26-20/h3-8,13,15H,9-12H2,1-2H3,(H2,24,25,30). The van der Waals surface area contributed by atoms with Gasteiger partial charge in [0, 0.05) is 31.9 Å². The van der Waals surface area contributed by atoms with Crippen molar-refractivity contribution in [3.8, 4) is 0 Å². The van der Waals surface area contributed by atoms with E-state index < -0.39 is 0 Å². The molecule has 1 saturated heterocycles. The molecule has 0 atom stereocenters. The van der Waals surface area contributed by atoms with Crippen molar-refractivity contribution in [1.82, 2.24) is 14.9 Å². The molecular formula is C22H24FN5O2. The summed E-state index contributed by atoms with van der Waals surface area (Å²) in [6.07, 6.45) is 1.38. The Bertz CT molecular complexity index is 1150. The van der Waals surface area contributed by atoms with Gasteiger partial charge in [0.15, 0.2) is 5.82 Å². The number of anilines is 2. The molecule has 0 spiro atoms. The van der Waals surface area contributed by atoms with Gasteiger partial charge in [0.05, 0.1) is 11.0 Å². The van der Waals surface area contributed by atoms with Gasteiger partial charge in [-0.2, -0.15) is 0 Å². The molecule has 1 fully saturated rings. The molecule has 0 unspecified atom stereocenters. The van der Waals surface area contributed by atoms with E-state index in [1.165, 1.54) is 6.07 Å². The van der Waals surface area contributed by atoms with Crippen LogP contribution in [0.25, 0.3) is 11.0 Å². The number of hydrogen-bond donors (Lipinski definition) is 2. The van der Waals surface area contributed by atoms with Crippen LogP contribution in [-0.2, 0) is 7.05 Å². The maximum Gasteiger partial charge on any atom is 0.319 e. The van der Waals surface area contributed by atoms with E-state index in [4.69, 9.17) is 0 Å². The summed E-state index contributed by atoms with van der Waals surface area (Å²) in [6, 6.07) is 11.8. The van der Waals surface area contributed by atoms with Gasteiger partial charge < -0.3 is 20.1 Å². The second-order valence-electron chi connectivity index (χ2n) is 7.61. The minimum absolute atomic E-state index is 0.0270. The number of nitrogens with zero attached hydrogens (tertiary/aromatic N) is 3. The topological polar surface area (TPSA) is 79.3 Å². The van der Waals surface area contributed by atoms with Gasteiger partial charge in [-0.05, 0) is 49.6 Å². The highest BCUT2D eigenvalue weighted by Gasteiger charge is 2.24. The molecule has 1 aliphatic rings. The number of nitrogens with one attached hydrogen (secondary N) is 2. The van der Waals surface area contributed by atoms with Crippen LogP contribution < -0.4 is 21.1 Å². The quantitative estimate of drug-likeness (QED) is 0.697. The summed E-state index contributed by atoms with van der Waals surface area (Å²) in [5.74, 6) is 0.0832. The first-order chi connectivity index (χ1) is 14.4. The van der Waals surface area contributed by atoms with Gasteiger partial charge in [-0.3, -0.25) is 4.79 Å². The number of benzene rings is 2. The van der Waals surface area contributed by atoms with Crippen LogP contribution >= 0.6 is 0 Å². The molecule has 7 nitrogen and oxygen atoms in total. The van der Waals surface area contributed by atoms with Crippen molar-refractivity contribution in [2.45, 2.75) is 25.8 Å². The molecule has 2 aromatic carbocycles. The lowest BCUT2D eigenvalue weighted by atomic mass is 10.1. The van der Waals surface area contributed by atoms with Gasteiger partial charge in [-0.25, -0.2) is 14.2 Å². The third-order valence-corrected chi connectivity index (χ3v) is 5.52. The number of para-hydroxylation sites is 2. The van der Waals surface area contributed by atoms with Crippen molar-refractivity contribution >= 4 is 28.6 Å². The second-order valence-corrected chi connectivity index (χ2v) is 7.61. The van der Waals surface area contributed by atoms with Crippen LogP contribution in [0.15, 0.2) is 47.3 Å². The maximum absolute atomic E-state index is 13.6. The molecule has 1 aliphatic heterocycles. The van der Waals surface area contributed by atoms with Crippen LogP contribution in [0.2, 0.25) is 0 Å². The van der Waals surface area contributed by atoms with E-state index in [9.17, 15) is 14.0 Å². The molecule has 1 aromatic heterocycles. The Hall–Kier alpha value is -3.42. The zero-order chi connectivity index (χ0) is 21.3. The van der Waals surface area contributed by atoms with Crippen molar-refractivity contribution in [1.29, 1.82) is 0 Å². The predicted octanol–water partition coefficient (Wildman–Crippen LogP) is 3.17. The summed E-state index contributed by atoms with van der Waals surface area (Å²) >= 11 is 0. The molecule has 156 valence electrons. The molecule has 4 rings (SSSR count). The average molecular weight is 409 g/mol. The third kappa shape index (κ3) is 3.98. The van der Waals surface area contributed by atoms with Crippen LogP contribution in [0.3, 0.4) is 0 Å². The number of carbonyl (C=O) groups is 1. The molecule has 2 heterocycles. The maximum atomic E-state index is 13.6. The largest absolute Gasteiger partial charge is 0.352 e. The van der Waals surface area contributed by atoms with Gasteiger partial charge in [0.25, 0.3) is 5.56 Å². The fourth-order valence-electron chi connectivity index (χ4n) is 3.73. The van der Waals surface area contributed by atoms with E-state index in [2.05, 4.69) is 15.6 Å². The van der Waals surface area contributed by atoms with Crippen molar-refractivity contribution in [2.75, 3.05) is 23.3 Å². The fraction of sp³-hybridized carbons (Fsp3) is 0.318. The van der Waals surface area contributed by atoms with Gasteiger partial charge in [0.2, 0.25) is 0 Å². The summed E-state index contributed by atoms with van der Waals surface area (Å²) in [4.78, 5) is 31.5. The number of carbonyl (C=O) groups excluding carboxylic acids is 1. The molecule has 0 saturated carbocycles. The van der Waals surface area contributed by atoms with Crippen LogP contribution in [0.1, 0.15) is 18.4 Å². The monoisotopic (exact) mass is 409 g/mol. The SMILES string of the molecule is Cc1ccc(NC(=O)NC2CCN(c3nc4ccccc4n(C)c3=O)CC2)cc1F. The lowest BCUT2D eigenvalue weighted by Gasteiger charge is -2.33. The number of rotatable bonds is 3. The lowest BCUT2D eigenvalue weighted by molar-refractivity contribution is 0.246. The first-order valence-electron chi connectivity index (χ1n) is 9.97. The van der Waals surface area contributed by atoms with Gasteiger partial charge in [-0.15, -0.1) is 0 Å². The Morgan fingerprint density at radius 2 is 1.90 bits per heavy atom. The second kappa shape index (κ2) is 8.14. The number of aryl methyl sites for hydroxylation is 2. The summed E-state index contributed by atoms with van der Waals surface area (Å²) in [6.45, 7) is 2.90. The fourth-order valence-corrected chi connectivity index (χ4v) is 3.73. The van der Waals surface area contributed by atoms with Crippen molar-refractivity contribution in [3.05, 3.63) is 64.2 Å². The molecule has 0 aliphatic carbocycles. The van der Waals surface area contributed by atoms with Crippen LogP contribution in [0.5, 0.6) is 0 Å². The lowest BCUT2D eigenvalue weighted by Crippen LogP contribution is -2.47. The Morgan fingerprint density at radius 3 is 2.63 bits per heavy atom. The van der Waals surface area contributed by atoms with E-state index in [0.717, 1.165) is 11.0 Å². The van der Waals surface area contributed by atoms with E-state index in [1.54, 1.807) is 30.7 Å². The van der Waals surface area contributed by atoms with Crippen molar-refractivity contribution in [3.63, 3.8) is 0 Å². The summed E-state index contributed by atoms with van der Waals surface area (Å²) in [7, 11) is 1.75. The molecule has 30 heavy (non-hydrogen) atoms. The Morgan fingerprint density at radius 1 is 1.17 bits per heavy atom. The molecule has 2 N–H and O–H groups in total. The number of aromatic nitrogens is 2. The molecule has 0 radical (unpaired) electrons. The normalized spacial score (nSPS) is 14.7. The van der Waals surface area contributed by atoms with Gasteiger partial charge >= 0.3 is 6.03 Å². The van der Waals surface area contributed by atoms with E-state index in [0.29, 0.717) is 43.0 Å². The number of piperidine rings is 1. The van der Waals surface area contributed by atoms with Crippen molar-refractivity contribution < 1.29 is 9.18 Å². The van der Waals surface area contributed by atoms with E-state index in [-0.39, 0.29) is 23.4 Å². The zero-order valence-electron chi connectivity index (χ0n) is 17.0. The molecule has 2 amide bonds. The first-order valence-corrected chi connectivity index (χ1v) is 9.97. The van der Waals surface area contributed by atoms with E-state index in [1.807, 2.05) is 29.2 Å². The molecule has 8 heteroatoms. The summed E-state index contributed by atoms with van der Waals surface area (Å²) in [5, 5.41) is 5.59. The molecule has 0 bridgehead atoms. The van der Waals surface area contributed by atoms with Crippen LogP contribution in [0.4, 0.5) is 20.7 Å². The molecule has 3 aromatic rings. The Kier molecular flexibility index (Phi) is 5.39. The Labute approximate surface area is 173 Å². The number of amides is 2. The highest BCUT2D eigenvalue weighted by Crippen LogP contribution is 2.19. The minimum Gasteiger partial charge on any atom is -0.352 e. The smallest absolute Gasteiger partial charge is 0.319 e. The number of fused-ring (bicyclic) bond motifs is 1. The minimum atomic E-state index is -0.364. The number of halogens is 1. The number of hydrogen-bond acceptors (Lipinski definition) is 4. The summed E-state index contributed by atoms with van der Waals surface area (Å²) < 4.78 is 15.3. The molecular weight excluding hydrogens is 385 g/mol. The van der Waals surface area contributed by atoms with Gasteiger partial charge in [0.1, 0.15) is 5.82 Å². The number of urea groups is 1. The van der Waals surface area contributed by atoms with Crippen LogP contribution in [-0.4, -0.2) is 34.7 Å². The third-order valence-electron chi connectivity index (χ3n) is 5.52. The highest BCUT2D eigenvalue weighted by atomic mass is 19.1.